The first-order valence-corrected chi connectivity index (χ1v) is 11.0. The summed E-state index contributed by atoms with van der Waals surface area (Å²) in [5, 5.41) is 24.1. The zero-order valence-electron chi connectivity index (χ0n) is 18.8. The summed E-state index contributed by atoms with van der Waals surface area (Å²) < 4.78 is 5.51. The molecule has 2 atom stereocenters. The molecule has 1 unspecified atom stereocenters. The average Bonchev–Trinajstić information content (AvgIpc) is 3.09. The van der Waals surface area contributed by atoms with E-state index in [4.69, 9.17) is 9.84 Å². The summed E-state index contributed by atoms with van der Waals surface area (Å²) in [7, 11) is 0. The molecule has 3 rings (SSSR count). The predicted molar refractivity (Wildman–Crippen MR) is 123 cm³/mol. The lowest BCUT2D eigenvalue weighted by Gasteiger charge is -2.24. The maximum Gasteiger partial charge on any atom is 0.407 e. The van der Waals surface area contributed by atoms with Gasteiger partial charge in [0.2, 0.25) is 5.91 Å². The Bertz CT molecular complexity index is 974. The fourth-order valence-electron chi connectivity index (χ4n) is 4.13. The summed E-state index contributed by atoms with van der Waals surface area (Å²) in [4.78, 5) is 35.9. The molecule has 1 aliphatic carbocycles. The van der Waals surface area contributed by atoms with Gasteiger partial charge < -0.3 is 25.6 Å². The summed E-state index contributed by atoms with van der Waals surface area (Å²) in [6, 6.07) is 15.2. The number of aliphatic carboxylic acids is 1. The van der Waals surface area contributed by atoms with Crippen molar-refractivity contribution in [3.63, 3.8) is 0 Å². The van der Waals surface area contributed by atoms with E-state index < -0.39 is 36.0 Å². The first-order chi connectivity index (χ1) is 15.7. The molecule has 0 spiro atoms. The molecule has 8 heteroatoms. The minimum atomic E-state index is -1.60. The highest BCUT2D eigenvalue weighted by Crippen LogP contribution is 2.44. The van der Waals surface area contributed by atoms with Crippen molar-refractivity contribution in [2.24, 2.45) is 0 Å². The molecule has 0 heterocycles. The second-order valence-corrected chi connectivity index (χ2v) is 8.60. The smallest absolute Gasteiger partial charge is 0.407 e. The summed E-state index contributed by atoms with van der Waals surface area (Å²) >= 11 is 0. The van der Waals surface area contributed by atoms with Gasteiger partial charge in [-0.1, -0.05) is 61.9 Å². The van der Waals surface area contributed by atoms with Crippen LogP contribution in [0.3, 0.4) is 0 Å². The quantitative estimate of drug-likeness (QED) is 0.437. The Morgan fingerprint density at radius 1 is 1.06 bits per heavy atom. The van der Waals surface area contributed by atoms with Gasteiger partial charge >= 0.3 is 12.1 Å². The zero-order valence-corrected chi connectivity index (χ0v) is 18.8. The van der Waals surface area contributed by atoms with E-state index in [9.17, 15) is 19.5 Å². The lowest BCUT2D eigenvalue weighted by Crippen LogP contribution is -2.51. The standard InChI is InChI=1S/C25H30N2O6/c1-3-8-21(23(30)26-15-25(2,32)13-22(28)29)27-24(31)33-14-20-18-11-6-4-9-16(18)17-10-5-7-12-19(17)20/h4-7,9-12,20-21,32H,3,8,13-15H2,1-2H3,(H,26,30)(H,27,31)(H,28,29)/t21-,25?/m0/s1. The molecule has 0 radical (unpaired) electrons. The van der Waals surface area contributed by atoms with E-state index in [0.29, 0.717) is 12.8 Å². The molecule has 2 aromatic rings. The third kappa shape index (κ3) is 6.10. The number of amides is 2. The first-order valence-electron chi connectivity index (χ1n) is 11.0. The van der Waals surface area contributed by atoms with Crippen LogP contribution in [0.1, 0.15) is 50.2 Å². The van der Waals surface area contributed by atoms with Crippen molar-refractivity contribution >= 4 is 18.0 Å². The van der Waals surface area contributed by atoms with Gasteiger partial charge in [-0.3, -0.25) is 9.59 Å². The molecule has 0 fully saturated rings. The summed E-state index contributed by atoms with van der Waals surface area (Å²) in [6.07, 6.45) is -0.210. The van der Waals surface area contributed by atoms with Crippen LogP contribution < -0.4 is 10.6 Å². The highest BCUT2D eigenvalue weighted by Gasteiger charge is 2.30. The number of rotatable bonds is 10. The number of hydrogen-bond acceptors (Lipinski definition) is 5. The van der Waals surface area contributed by atoms with Crippen molar-refractivity contribution in [1.29, 1.82) is 0 Å². The SMILES string of the molecule is CCC[C@H](NC(=O)OCC1c2ccccc2-c2ccccc21)C(=O)NCC(C)(O)CC(=O)O. The van der Waals surface area contributed by atoms with Crippen molar-refractivity contribution in [2.75, 3.05) is 13.2 Å². The molecule has 0 aliphatic heterocycles. The summed E-state index contributed by atoms with van der Waals surface area (Å²) in [5.74, 6) is -1.76. The molecule has 0 bridgehead atoms. The van der Waals surface area contributed by atoms with E-state index in [0.717, 1.165) is 22.3 Å². The zero-order chi connectivity index (χ0) is 24.0. The Morgan fingerprint density at radius 2 is 1.64 bits per heavy atom. The van der Waals surface area contributed by atoms with Crippen molar-refractivity contribution in [3.05, 3.63) is 59.7 Å². The number of carboxylic acid groups (broad SMARTS) is 1. The number of carbonyl (C=O) groups is 3. The summed E-state index contributed by atoms with van der Waals surface area (Å²) in [6.45, 7) is 3.09. The Labute approximate surface area is 193 Å². The third-order valence-electron chi connectivity index (χ3n) is 5.71. The number of ether oxygens (including phenoxy) is 1. The van der Waals surface area contributed by atoms with Gasteiger partial charge in [-0.05, 0) is 35.6 Å². The molecule has 0 saturated carbocycles. The van der Waals surface area contributed by atoms with E-state index in [2.05, 4.69) is 22.8 Å². The van der Waals surface area contributed by atoms with Crippen LogP contribution in [-0.2, 0) is 14.3 Å². The van der Waals surface area contributed by atoms with Gasteiger partial charge in [-0.15, -0.1) is 0 Å². The van der Waals surface area contributed by atoms with Gasteiger partial charge in [0, 0.05) is 12.5 Å². The van der Waals surface area contributed by atoms with Crippen molar-refractivity contribution in [3.8, 4) is 11.1 Å². The van der Waals surface area contributed by atoms with E-state index in [-0.39, 0.29) is 19.1 Å². The van der Waals surface area contributed by atoms with Crippen molar-refractivity contribution < 1.29 is 29.3 Å². The van der Waals surface area contributed by atoms with E-state index in [1.54, 1.807) is 0 Å². The number of benzene rings is 2. The van der Waals surface area contributed by atoms with E-state index in [1.807, 2.05) is 43.3 Å². The molecule has 4 N–H and O–H groups in total. The Hall–Kier alpha value is -3.39. The van der Waals surface area contributed by atoms with Gasteiger partial charge in [0.05, 0.1) is 12.0 Å². The molecule has 8 nitrogen and oxygen atoms in total. The lowest BCUT2D eigenvalue weighted by molar-refractivity contribution is -0.142. The molecular weight excluding hydrogens is 424 g/mol. The van der Waals surface area contributed by atoms with Gasteiger partial charge in [0.1, 0.15) is 12.6 Å². The van der Waals surface area contributed by atoms with Crippen LogP contribution in [-0.4, -0.2) is 53.0 Å². The minimum absolute atomic E-state index is 0.0901. The van der Waals surface area contributed by atoms with Crippen LogP contribution in [0.2, 0.25) is 0 Å². The van der Waals surface area contributed by atoms with Crippen molar-refractivity contribution in [1.82, 2.24) is 10.6 Å². The molecule has 0 saturated heterocycles. The van der Waals surface area contributed by atoms with Crippen LogP contribution in [0, 0.1) is 0 Å². The molecule has 0 aromatic heterocycles. The minimum Gasteiger partial charge on any atom is -0.481 e. The summed E-state index contributed by atoms with van der Waals surface area (Å²) in [5.41, 5.74) is 2.84. The normalized spacial score (nSPS) is 15.0. The van der Waals surface area contributed by atoms with E-state index >= 15 is 0 Å². The molecule has 2 amide bonds. The maximum atomic E-state index is 12.5. The topological polar surface area (TPSA) is 125 Å². The number of alkyl carbamates (subject to hydrolysis) is 1. The fourth-order valence-corrected chi connectivity index (χ4v) is 4.13. The molecule has 1 aliphatic rings. The monoisotopic (exact) mass is 454 g/mol. The fraction of sp³-hybridized carbons (Fsp3) is 0.400. The predicted octanol–water partition coefficient (Wildman–Crippen LogP) is 3.04. The highest BCUT2D eigenvalue weighted by molar-refractivity contribution is 5.86. The van der Waals surface area contributed by atoms with Crippen LogP contribution in [0.25, 0.3) is 11.1 Å². The largest absolute Gasteiger partial charge is 0.481 e. The number of fused-ring (bicyclic) bond motifs is 3. The van der Waals surface area contributed by atoms with Crippen LogP contribution in [0.15, 0.2) is 48.5 Å². The number of aliphatic hydroxyl groups is 1. The number of nitrogens with one attached hydrogen (secondary N) is 2. The lowest BCUT2D eigenvalue weighted by atomic mass is 9.98. The van der Waals surface area contributed by atoms with E-state index in [1.165, 1.54) is 6.92 Å². The van der Waals surface area contributed by atoms with Gasteiger partial charge in [0.25, 0.3) is 0 Å². The Kier molecular flexibility index (Phi) is 7.71. The average molecular weight is 455 g/mol. The number of carbonyl (C=O) groups excluding carboxylic acids is 2. The van der Waals surface area contributed by atoms with Crippen molar-refractivity contribution in [2.45, 2.75) is 50.7 Å². The second kappa shape index (κ2) is 10.5. The molecule has 2 aromatic carbocycles. The number of hydrogen-bond donors (Lipinski definition) is 4. The number of carboxylic acids is 1. The van der Waals surface area contributed by atoms with Gasteiger partial charge in [0.15, 0.2) is 0 Å². The van der Waals surface area contributed by atoms with Crippen LogP contribution in [0.4, 0.5) is 4.79 Å². The van der Waals surface area contributed by atoms with Gasteiger partial charge in [-0.25, -0.2) is 4.79 Å². The second-order valence-electron chi connectivity index (χ2n) is 8.60. The first kappa shape index (κ1) is 24.3. The van der Waals surface area contributed by atoms with Gasteiger partial charge in [-0.2, -0.15) is 0 Å². The Balaban J connectivity index is 1.59. The van der Waals surface area contributed by atoms with Crippen LogP contribution in [0.5, 0.6) is 0 Å². The molecule has 176 valence electrons. The van der Waals surface area contributed by atoms with Crippen LogP contribution >= 0.6 is 0 Å². The third-order valence-corrected chi connectivity index (χ3v) is 5.71. The molecule has 33 heavy (non-hydrogen) atoms. The Morgan fingerprint density at radius 3 is 2.18 bits per heavy atom. The molecular formula is C25H30N2O6. The maximum absolute atomic E-state index is 12.5. The highest BCUT2D eigenvalue weighted by atomic mass is 16.5.